The summed E-state index contributed by atoms with van der Waals surface area (Å²) in [4.78, 5) is 22.0. The maximum atomic E-state index is 11.0. The molecule has 4 nitrogen and oxygen atoms in total. The third kappa shape index (κ3) is 6.60. The van der Waals surface area contributed by atoms with Crippen LogP contribution in [0.1, 0.15) is 36.1 Å². The van der Waals surface area contributed by atoms with Gasteiger partial charge in [-0.3, -0.25) is 9.59 Å². The van der Waals surface area contributed by atoms with Crippen LogP contribution in [0.2, 0.25) is 0 Å². The number of hydrogen-bond acceptors (Lipinski definition) is 4. The Morgan fingerprint density at radius 1 is 0.567 bits per heavy atom. The SMILES string of the molecule is CC(=O)Oc1ccc(C=Cc2cccc(C=Cc3ccc(OC(C)=O)cc3)c2)cc1. The van der Waals surface area contributed by atoms with E-state index in [-0.39, 0.29) is 11.9 Å². The van der Waals surface area contributed by atoms with Gasteiger partial charge in [0.15, 0.2) is 0 Å². The van der Waals surface area contributed by atoms with Gasteiger partial charge in [-0.25, -0.2) is 0 Å². The Kier molecular flexibility index (Phi) is 6.95. The molecular weight excluding hydrogens is 376 g/mol. The first-order valence-corrected chi connectivity index (χ1v) is 9.51. The molecule has 3 aromatic carbocycles. The summed E-state index contributed by atoms with van der Waals surface area (Å²) in [6, 6.07) is 22.9. The molecule has 0 aromatic heterocycles. The molecular formula is C26H22O4. The van der Waals surface area contributed by atoms with Crippen LogP contribution >= 0.6 is 0 Å². The molecule has 0 aliphatic carbocycles. The summed E-state index contributed by atoms with van der Waals surface area (Å²) >= 11 is 0. The highest BCUT2D eigenvalue weighted by Gasteiger charge is 1.98. The Balaban J connectivity index is 1.65. The van der Waals surface area contributed by atoms with Gasteiger partial charge in [-0.15, -0.1) is 0 Å². The van der Waals surface area contributed by atoms with Crippen LogP contribution < -0.4 is 9.47 Å². The normalized spacial score (nSPS) is 11.0. The Morgan fingerprint density at radius 3 is 1.30 bits per heavy atom. The van der Waals surface area contributed by atoms with Crippen molar-refractivity contribution in [3.05, 3.63) is 95.1 Å². The van der Waals surface area contributed by atoms with E-state index in [9.17, 15) is 9.59 Å². The number of carbonyl (C=O) groups is 2. The van der Waals surface area contributed by atoms with E-state index in [4.69, 9.17) is 9.47 Å². The molecule has 0 heterocycles. The standard InChI is InChI=1S/C26H22O4/c1-19(27)29-25-14-10-21(11-15-25)6-8-23-4-3-5-24(18-23)9-7-22-12-16-26(17-13-22)30-20(2)28/h3-18H,1-2H3. The van der Waals surface area contributed by atoms with Gasteiger partial charge in [-0.2, -0.15) is 0 Å². The topological polar surface area (TPSA) is 52.6 Å². The molecule has 0 spiro atoms. The van der Waals surface area contributed by atoms with E-state index >= 15 is 0 Å². The summed E-state index contributed by atoms with van der Waals surface area (Å²) in [7, 11) is 0. The third-order valence-electron chi connectivity index (χ3n) is 4.13. The van der Waals surface area contributed by atoms with Crippen LogP contribution in [0.15, 0.2) is 72.8 Å². The number of hydrogen-bond donors (Lipinski definition) is 0. The average molecular weight is 398 g/mol. The van der Waals surface area contributed by atoms with Crippen molar-refractivity contribution in [3.63, 3.8) is 0 Å². The Hall–Kier alpha value is -3.92. The molecule has 0 saturated carbocycles. The second kappa shape index (κ2) is 10.0. The molecule has 150 valence electrons. The Bertz CT molecular complexity index is 990. The molecule has 3 rings (SSSR count). The van der Waals surface area contributed by atoms with Crippen LogP contribution in [0.5, 0.6) is 11.5 Å². The van der Waals surface area contributed by atoms with Gasteiger partial charge in [0.25, 0.3) is 0 Å². The van der Waals surface area contributed by atoms with Crippen LogP contribution in [-0.2, 0) is 9.59 Å². The first-order chi connectivity index (χ1) is 14.5. The molecule has 0 radical (unpaired) electrons. The van der Waals surface area contributed by atoms with E-state index in [2.05, 4.69) is 6.07 Å². The zero-order valence-corrected chi connectivity index (χ0v) is 16.9. The monoisotopic (exact) mass is 398 g/mol. The zero-order chi connectivity index (χ0) is 21.3. The number of benzene rings is 3. The van der Waals surface area contributed by atoms with Crippen molar-refractivity contribution >= 4 is 36.2 Å². The lowest BCUT2D eigenvalue weighted by Gasteiger charge is -2.02. The van der Waals surface area contributed by atoms with Crippen molar-refractivity contribution in [3.8, 4) is 11.5 Å². The summed E-state index contributed by atoms with van der Waals surface area (Å²) in [5.74, 6) is 0.410. The van der Waals surface area contributed by atoms with E-state index in [1.165, 1.54) is 13.8 Å². The smallest absolute Gasteiger partial charge is 0.308 e. The first-order valence-electron chi connectivity index (χ1n) is 9.51. The van der Waals surface area contributed by atoms with E-state index < -0.39 is 0 Å². The zero-order valence-electron chi connectivity index (χ0n) is 16.9. The van der Waals surface area contributed by atoms with Crippen molar-refractivity contribution in [2.45, 2.75) is 13.8 Å². The molecule has 0 amide bonds. The number of carbonyl (C=O) groups excluding carboxylic acids is 2. The molecule has 30 heavy (non-hydrogen) atoms. The largest absolute Gasteiger partial charge is 0.427 e. The highest BCUT2D eigenvalue weighted by molar-refractivity contribution is 5.75. The number of rotatable bonds is 6. The molecule has 3 aromatic rings. The van der Waals surface area contributed by atoms with E-state index in [0.717, 1.165) is 22.3 Å². The molecule has 0 saturated heterocycles. The highest BCUT2D eigenvalue weighted by Crippen LogP contribution is 2.17. The van der Waals surface area contributed by atoms with Gasteiger partial charge in [-0.05, 0) is 52.6 Å². The fourth-order valence-corrected chi connectivity index (χ4v) is 2.78. The lowest BCUT2D eigenvalue weighted by atomic mass is 10.1. The number of ether oxygens (including phenoxy) is 2. The predicted molar refractivity (Wildman–Crippen MR) is 120 cm³/mol. The molecule has 4 heteroatoms. The summed E-state index contributed by atoms with van der Waals surface area (Å²) in [6.07, 6.45) is 8.08. The minimum atomic E-state index is -0.330. The van der Waals surface area contributed by atoms with E-state index in [1.807, 2.05) is 66.8 Å². The first kappa shape index (κ1) is 20.8. The second-order valence-electron chi connectivity index (χ2n) is 6.66. The summed E-state index contributed by atoms with van der Waals surface area (Å²) in [5.41, 5.74) is 4.18. The van der Waals surface area contributed by atoms with Gasteiger partial charge in [0, 0.05) is 13.8 Å². The van der Waals surface area contributed by atoms with Crippen LogP contribution in [0, 0.1) is 0 Å². The lowest BCUT2D eigenvalue weighted by molar-refractivity contribution is -0.132. The highest BCUT2D eigenvalue weighted by atomic mass is 16.5. The van der Waals surface area contributed by atoms with Crippen molar-refractivity contribution in [2.24, 2.45) is 0 Å². The third-order valence-corrected chi connectivity index (χ3v) is 4.13. The summed E-state index contributed by atoms with van der Waals surface area (Å²) in [5, 5.41) is 0. The predicted octanol–water partition coefficient (Wildman–Crippen LogP) is 5.88. The fourth-order valence-electron chi connectivity index (χ4n) is 2.78. The van der Waals surface area contributed by atoms with Gasteiger partial charge in [-0.1, -0.05) is 66.8 Å². The molecule has 0 unspecified atom stereocenters. The van der Waals surface area contributed by atoms with Crippen molar-refractivity contribution in [2.75, 3.05) is 0 Å². The van der Waals surface area contributed by atoms with Gasteiger partial charge >= 0.3 is 11.9 Å². The van der Waals surface area contributed by atoms with Gasteiger partial charge < -0.3 is 9.47 Å². The summed E-state index contributed by atoms with van der Waals surface area (Å²) in [6.45, 7) is 2.76. The van der Waals surface area contributed by atoms with Gasteiger partial charge in [0.1, 0.15) is 11.5 Å². The van der Waals surface area contributed by atoms with Crippen LogP contribution in [0.25, 0.3) is 24.3 Å². The van der Waals surface area contributed by atoms with Crippen molar-refractivity contribution < 1.29 is 19.1 Å². The molecule has 0 aliphatic rings. The molecule has 0 aliphatic heterocycles. The molecule has 0 atom stereocenters. The van der Waals surface area contributed by atoms with Gasteiger partial charge in [0.2, 0.25) is 0 Å². The Morgan fingerprint density at radius 2 is 0.933 bits per heavy atom. The minimum Gasteiger partial charge on any atom is -0.427 e. The number of esters is 2. The summed E-state index contributed by atoms with van der Waals surface area (Å²) < 4.78 is 10.1. The lowest BCUT2D eigenvalue weighted by Crippen LogP contribution is -2.00. The maximum Gasteiger partial charge on any atom is 0.308 e. The molecule has 0 bridgehead atoms. The van der Waals surface area contributed by atoms with E-state index in [0.29, 0.717) is 11.5 Å². The van der Waals surface area contributed by atoms with Gasteiger partial charge in [0.05, 0.1) is 0 Å². The minimum absolute atomic E-state index is 0.330. The van der Waals surface area contributed by atoms with Crippen LogP contribution in [0.3, 0.4) is 0 Å². The van der Waals surface area contributed by atoms with Crippen molar-refractivity contribution in [1.29, 1.82) is 0 Å². The average Bonchev–Trinajstić information content (AvgIpc) is 2.72. The van der Waals surface area contributed by atoms with Crippen molar-refractivity contribution in [1.82, 2.24) is 0 Å². The van der Waals surface area contributed by atoms with Crippen LogP contribution in [0.4, 0.5) is 0 Å². The molecule has 0 N–H and O–H groups in total. The quantitative estimate of drug-likeness (QED) is 0.296. The fraction of sp³-hybridized carbons (Fsp3) is 0.0769. The van der Waals surface area contributed by atoms with E-state index in [1.54, 1.807) is 24.3 Å². The Labute approximate surface area is 176 Å². The second-order valence-corrected chi connectivity index (χ2v) is 6.66. The van der Waals surface area contributed by atoms with Crippen LogP contribution in [-0.4, -0.2) is 11.9 Å². The maximum absolute atomic E-state index is 11.0. The molecule has 0 fully saturated rings.